The Labute approximate surface area is 147 Å². The van der Waals surface area contributed by atoms with Crippen molar-refractivity contribution in [2.75, 3.05) is 23.7 Å². The standard InChI is InChI=1S/C20H23N2OS/c1-2-16-9-11-18(12-10-16)21-15-20(23,17-7-4-3-5-8-17)22-13-6-14-24-19(21)22/h3-5,7-12,23H,2,6,13-15H2,1H3/q+1/t20-/m1/s1. The van der Waals surface area contributed by atoms with Gasteiger partial charge >= 0.3 is 5.17 Å². The molecule has 0 radical (unpaired) electrons. The molecule has 3 nitrogen and oxygen atoms in total. The fourth-order valence-corrected chi connectivity index (χ4v) is 4.75. The van der Waals surface area contributed by atoms with Gasteiger partial charge in [-0.05, 0) is 42.3 Å². The molecule has 2 aromatic carbocycles. The number of rotatable bonds is 3. The highest BCUT2D eigenvalue weighted by atomic mass is 32.2. The Hall–Kier alpha value is -1.78. The van der Waals surface area contributed by atoms with Crippen molar-refractivity contribution in [1.29, 1.82) is 0 Å². The number of aryl methyl sites for hydroxylation is 1. The average Bonchev–Trinajstić information content (AvgIpc) is 2.97. The van der Waals surface area contributed by atoms with Crippen molar-refractivity contribution in [3.8, 4) is 0 Å². The van der Waals surface area contributed by atoms with Crippen LogP contribution in [0.5, 0.6) is 0 Å². The molecule has 2 aromatic rings. The number of anilines is 1. The third-order valence-electron chi connectivity index (χ3n) is 4.94. The number of aliphatic hydroxyl groups is 1. The topological polar surface area (TPSA) is 26.5 Å². The van der Waals surface area contributed by atoms with Crippen molar-refractivity contribution in [2.24, 2.45) is 0 Å². The van der Waals surface area contributed by atoms with Gasteiger partial charge < -0.3 is 5.11 Å². The van der Waals surface area contributed by atoms with Gasteiger partial charge in [-0.15, -0.1) is 0 Å². The maximum atomic E-state index is 11.5. The largest absolute Gasteiger partial charge is 0.346 e. The van der Waals surface area contributed by atoms with Crippen LogP contribution >= 0.6 is 11.8 Å². The Kier molecular flexibility index (Phi) is 4.10. The van der Waals surface area contributed by atoms with Crippen LogP contribution in [0.2, 0.25) is 0 Å². The summed E-state index contributed by atoms with van der Waals surface area (Å²) in [6, 6.07) is 18.8. The van der Waals surface area contributed by atoms with E-state index < -0.39 is 5.72 Å². The van der Waals surface area contributed by atoms with E-state index in [2.05, 4.69) is 40.7 Å². The van der Waals surface area contributed by atoms with E-state index in [1.807, 2.05) is 42.1 Å². The molecule has 0 saturated carbocycles. The van der Waals surface area contributed by atoms with Crippen molar-refractivity contribution in [3.05, 3.63) is 65.7 Å². The number of β-amino-alcohol motifs (C(OH)–C–C–N with tert-alkyl or cyclic N) is 1. The molecule has 0 saturated heterocycles. The van der Waals surface area contributed by atoms with Crippen molar-refractivity contribution in [3.63, 3.8) is 0 Å². The van der Waals surface area contributed by atoms with Crippen LogP contribution in [-0.2, 0) is 12.1 Å². The molecule has 0 aliphatic carbocycles. The lowest BCUT2D eigenvalue weighted by atomic mass is 10.0. The van der Waals surface area contributed by atoms with Crippen LogP contribution in [0.3, 0.4) is 0 Å². The first-order valence-corrected chi connectivity index (χ1v) is 9.63. The molecule has 0 amide bonds. The lowest BCUT2D eigenvalue weighted by Crippen LogP contribution is -2.41. The molecule has 2 aliphatic heterocycles. The summed E-state index contributed by atoms with van der Waals surface area (Å²) in [5, 5.41) is 12.7. The van der Waals surface area contributed by atoms with Gasteiger partial charge in [-0.3, -0.25) is 0 Å². The number of hydrogen-bond donors (Lipinski definition) is 1. The van der Waals surface area contributed by atoms with Crippen LogP contribution in [-0.4, -0.2) is 33.7 Å². The van der Waals surface area contributed by atoms with E-state index in [-0.39, 0.29) is 0 Å². The van der Waals surface area contributed by atoms with E-state index in [9.17, 15) is 5.11 Å². The predicted octanol–water partition coefficient (Wildman–Crippen LogP) is 3.42. The minimum Gasteiger partial charge on any atom is -0.346 e. The number of nitrogens with zero attached hydrogens (tertiary/aromatic N) is 2. The summed E-state index contributed by atoms with van der Waals surface area (Å²) in [4.78, 5) is 2.27. The van der Waals surface area contributed by atoms with Gasteiger partial charge in [-0.1, -0.05) is 49.4 Å². The highest BCUT2D eigenvalue weighted by molar-refractivity contribution is 8.13. The van der Waals surface area contributed by atoms with E-state index in [1.165, 1.54) is 10.7 Å². The first-order valence-electron chi connectivity index (χ1n) is 8.64. The lowest BCUT2D eigenvalue weighted by Gasteiger charge is -2.24. The highest BCUT2D eigenvalue weighted by Crippen LogP contribution is 2.37. The summed E-state index contributed by atoms with van der Waals surface area (Å²) in [5.74, 6) is 1.11. The van der Waals surface area contributed by atoms with E-state index in [0.29, 0.717) is 6.54 Å². The minimum absolute atomic E-state index is 0.574. The predicted molar refractivity (Wildman–Crippen MR) is 101 cm³/mol. The van der Waals surface area contributed by atoms with E-state index in [1.54, 1.807) is 0 Å². The fraction of sp³-hybridized carbons (Fsp3) is 0.350. The molecule has 1 N–H and O–H groups in total. The maximum Gasteiger partial charge on any atom is 0.316 e. The Morgan fingerprint density at radius 2 is 1.88 bits per heavy atom. The zero-order chi connectivity index (χ0) is 16.6. The Bertz CT molecular complexity index is 757. The molecule has 2 heterocycles. The Balaban J connectivity index is 1.76. The smallest absolute Gasteiger partial charge is 0.316 e. The molecule has 124 valence electrons. The van der Waals surface area contributed by atoms with E-state index in [4.69, 9.17) is 0 Å². The zero-order valence-electron chi connectivity index (χ0n) is 14.0. The molecule has 4 rings (SSSR count). The molecule has 0 aromatic heterocycles. The van der Waals surface area contributed by atoms with Gasteiger partial charge in [-0.2, -0.15) is 0 Å². The fourth-order valence-electron chi connectivity index (χ4n) is 3.57. The van der Waals surface area contributed by atoms with E-state index >= 15 is 0 Å². The SMILES string of the molecule is CCc1ccc(N2C[C@@](O)(c3ccccc3)[N+]3=C2SCCC3)cc1. The molecule has 0 unspecified atom stereocenters. The Morgan fingerprint density at radius 3 is 2.58 bits per heavy atom. The second kappa shape index (κ2) is 6.26. The quantitative estimate of drug-likeness (QED) is 0.868. The summed E-state index contributed by atoms with van der Waals surface area (Å²) in [5.41, 5.74) is 2.52. The second-order valence-corrected chi connectivity index (χ2v) is 7.49. The molecule has 24 heavy (non-hydrogen) atoms. The van der Waals surface area contributed by atoms with Gasteiger partial charge in [0.1, 0.15) is 5.69 Å². The van der Waals surface area contributed by atoms with Gasteiger partial charge in [0, 0.05) is 11.3 Å². The summed E-state index contributed by atoms with van der Waals surface area (Å²) in [6.07, 6.45) is 2.15. The third kappa shape index (κ3) is 2.54. The summed E-state index contributed by atoms with van der Waals surface area (Å²) < 4.78 is 2.18. The number of amidine groups is 1. The van der Waals surface area contributed by atoms with Crippen molar-refractivity contribution in [1.82, 2.24) is 0 Å². The van der Waals surface area contributed by atoms with Gasteiger partial charge in [-0.25, -0.2) is 9.48 Å². The molecule has 1 atom stereocenters. The lowest BCUT2D eigenvalue weighted by molar-refractivity contribution is -0.656. The molecular formula is C20H23N2OS+. The first-order chi connectivity index (χ1) is 11.7. The van der Waals surface area contributed by atoms with Crippen LogP contribution in [0.15, 0.2) is 54.6 Å². The van der Waals surface area contributed by atoms with Crippen LogP contribution in [0.4, 0.5) is 5.69 Å². The number of thioether (sulfide) groups is 1. The molecule has 4 heteroatoms. The molecule has 0 bridgehead atoms. The van der Waals surface area contributed by atoms with Gasteiger partial charge in [0.15, 0.2) is 6.54 Å². The average molecular weight is 339 g/mol. The van der Waals surface area contributed by atoms with Crippen LogP contribution < -0.4 is 4.90 Å². The molecule has 0 fully saturated rings. The van der Waals surface area contributed by atoms with Crippen molar-refractivity contribution < 1.29 is 9.68 Å². The van der Waals surface area contributed by atoms with Gasteiger partial charge in [0.05, 0.1) is 6.54 Å². The monoisotopic (exact) mass is 339 g/mol. The normalized spacial score (nSPS) is 23.5. The van der Waals surface area contributed by atoms with Crippen LogP contribution in [0.1, 0.15) is 24.5 Å². The molecular weight excluding hydrogens is 316 g/mol. The molecule has 0 spiro atoms. The Morgan fingerprint density at radius 1 is 1.12 bits per heavy atom. The van der Waals surface area contributed by atoms with Crippen molar-refractivity contribution in [2.45, 2.75) is 25.5 Å². The number of benzene rings is 2. The minimum atomic E-state index is -0.951. The number of hydrogen-bond acceptors (Lipinski definition) is 3. The van der Waals surface area contributed by atoms with Gasteiger partial charge in [0.2, 0.25) is 0 Å². The first kappa shape index (κ1) is 15.7. The maximum absolute atomic E-state index is 11.5. The van der Waals surface area contributed by atoms with E-state index in [0.717, 1.165) is 36.4 Å². The molecule has 2 aliphatic rings. The second-order valence-electron chi connectivity index (χ2n) is 6.43. The third-order valence-corrected chi connectivity index (χ3v) is 6.13. The summed E-state index contributed by atoms with van der Waals surface area (Å²) in [7, 11) is 0. The van der Waals surface area contributed by atoms with Crippen LogP contribution in [0.25, 0.3) is 0 Å². The highest BCUT2D eigenvalue weighted by Gasteiger charge is 2.53. The zero-order valence-corrected chi connectivity index (χ0v) is 14.8. The van der Waals surface area contributed by atoms with Crippen molar-refractivity contribution >= 4 is 22.6 Å². The van der Waals surface area contributed by atoms with Crippen LogP contribution in [0, 0.1) is 0 Å². The summed E-state index contributed by atoms with van der Waals surface area (Å²) >= 11 is 1.85. The van der Waals surface area contributed by atoms with Gasteiger partial charge in [0.25, 0.3) is 5.72 Å². The summed E-state index contributed by atoms with van der Waals surface area (Å²) in [6.45, 7) is 3.65.